The summed E-state index contributed by atoms with van der Waals surface area (Å²) in [7, 11) is 4.51. The fraction of sp³-hybridized carbons (Fsp3) is 0.138. The fourth-order valence-corrected chi connectivity index (χ4v) is 3.90. The second-order valence-electron chi connectivity index (χ2n) is 7.97. The number of nitrogens with one attached hydrogen (secondary N) is 1. The Hall–Kier alpha value is -4.85. The maximum Gasteiger partial charge on any atom is 0.308 e. The van der Waals surface area contributed by atoms with Crippen molar-refractivity contribution in [1.29, 1.82) is 0 Å². The summed E-state index contributed by atoms with van der Waals surface area (Å²) in [6, 6.07) is 18.7. The summed E-state index contributed by atoms with van der Waals surface area (Å²) in [6.07, 6.45) is 4.64. The van der Waals surface area contributed by atoms with E-state index in [1.54, 1.807) is 31.5 Å². The van der Waals surface area contributed by atoms with Gasteiger partial charge >= 0.3 is 5.97 Å². The molecule has 0 aliphatic carbocycles. The van der Waals surface area contributed by atoms with Crippen LogP contribution in [-0.4, -0.2) is 38.2 Å². The zero-order valence-corrected chi connectivity index (χ0v) is 20.9. The van der Waals surface area contributed by atoms with Crippen LogP contribution in [0.15, 0.2) is 72.9 Å². The average molecular weight is 499 g/mol. The number of hydrogen-bond donors (Lipinski definition) is 1. The minimum Gasteiger partial charge on any atom is -0.497 e. The highest BCUT2D eigenvalue weighted by Gasteiger charge is 2.16. The molecule has 4 rings (SSSR count). The van der Waals surface area contributed by atoms with Gasteiger partial charge in [-0.05, 0) is 47.5 Å². The Morgan fingerprint density at radius 2 is 1.59 bits per heavy atom. The minimum absolute atomic E-state index is 0.171. The van der Waals surface area contributed by atoms with Crippen LogP contribution >= 0.6 is 0 Å². The lowest BCUT2D eigenvalue weighted by Gasteiger charge is -2.14. The fourth-order valence-electron chi connectivity index (χ4n) is 3.90. The third-order valence-electron chi connectivity index (χ3n) is 5.55. The number of carbonyl (C=O) groups is 2. The van der Waals surface area contributed by atoms with E-state index in [-0.39, 0.29) is 11.7 Å². The van der Waals surface area contributed by atoms with E-state index >= 15 is 0 Å². The van der Waals surface area contributed by atoms with Gasteiger partial charge in [-0.2, -0.15) is 0 Å². The van der Waals surface area contributed by atoms with E-state index in [4.69, 9.17) is 18.9 Å². The SMILES string of the molecule is COc1ccc2ncc(NC(=O)/C=C/c3cc(OC)c(OC(C)=O)c(OC)c3)c(-c3ccccc3)c2c1. The summed E-state index contributed by atoms with van der Waals surface area (Å²) >= 11 is 0. The van der Waals surface area contributed by atoms with Crippen molar-refractivity contribution in [3.05, 3.63) is 78.5 Å². The highest BCUT2D eigenvalue weighted by molar-refractivity contribution is 6.09. The van der Waals surface area contributed by atoms with Gasteiger partial charge in [-0.3, -0.25) is 14.6 Å². The molecule has 4 aromatic rings. The summed E-state index contributed by atoms with van der Waals surface area (Å²) < 4.78 is 21.3. The zero-order chi connectivity index (χ0) is 26.4. The third kappa shape index (κ3) is 5.70. The van der Waals surface area contributed by atoms with E-state index < -0.39 is 5.97 Å². The van der Waals surface area contributed by atoms with Crippen molar-refractivity contribution >= 4 is 34.5 Å². The molecule has 1 amide bonds. The van der Waals surface area contributed by atoms with E-state index in [0.29, 0.717) is 28.5 Å². The Kier molecular flexibility index (Phi) is 7.68. The van der Waals surface area contributed by atoms with Crippen LogP contribution in [0.4, 0.5) is 5.69 Å². The molecule has 0 fully saturated rings. The van der Waals surface area contributed by atoms with Gasteiger partial charge in [0.1, 0.15) is 5.75 Å². The molecule has 8 heteroatoms. The third-order valence-corrected chi connectivity index (χ3v) is 5.55. The van der Waals surface area contributed by atoms with Crippen LogP contribution < -0.4 is 24.3 Å². The molecule has 0 spiro atoms. The average Bonchev–Trinajstić information content (AvgIpc) is 2.91. The highest BCUT2D eigenvalue weighted by Crippen LogP contribution is 2.39. The molecule has 1 aromatic heterocycles. The quantitative estimate of drug-likeness (QED) is 0.195. The Bertz CT molecular complexity index is 1460. The second kappa shape index (κ2) is 11.3. The van der Waals surface area contributed by atoms with Crippen molar-refractivity contribution in [1.82, 2.24) is 4.98 Å². The topological polar surface area (TPSA) is 96.0 Å². The maximum absolute atomic E-state index is 13.0. The van der Waals surface area contributed by atoms with Crippen LogP contribution in [-0.2, 0) is 9.59 Å². The molecular formula is C29H26N2O6. The first kappa shape index (κ1) is 25.2. The molecular weight excluding hydrogens is 472 g/mol. The predicted molar refractivity (Wildman–Crippen MR) is 142 cm³/mol. The number of methoxy groups -OCH3 is 3. The van der Waals surface area contributed by atoms with Gasteiger partial charge in [-0.15, -0.1) is 0 Å². The summed E-state index contributed by atoms with van der Waals surface area (Å²) in [5, 5.41) is 3.79. The van der Waals surface area contributed by atoms with Gasteiger partial charge in [0.05, 0.1) is 38.7 Å². The van der Waals surface area contributed by atoms with Crippen LogP contribution in [0.25, 0.3) is 28.1 Å². The van der Waals surface area contributed by atoms with Crippen molar-refractivity contribution in [3.8, 4) is 34.1 Å². The lowest BCUT2D eigenvalue weighted by molar-refractivity contribution is -0.132. The molecule has 1 N–H and O–H groups in total. The van der Waals surface area contributed by atoms with Gasteiger partial charge in [0.15, 0.2) is 11.5 Å². The number of rotatable bonds is 8. The van der Waals surface area contributed by atoms with Gasteiger partial charge in [-0.25, -0.2) is 0 Å². The molecule has 0 saturated carbocycles. The van der Waals surface area contributed by atoms with Crippen molar-refractivity contribution in [2.24, 2.45) is 0 Å². The van der Waals surface area contributed by atoms with Crippen LogP contribution in [0.3, 0.4) is 0 Å². The lowest BCUT2D eigenvalue weighted by atomic mass is 9.99. The molecule has 188 valence electrons. The first-order valence-electron chi connectivity index (χ1n) is 11.4. The number of pyridine rings is 1. The molecule has 1 heterocycles. The molecule has 3 aromatic carbocycles. The van der Waals surface area contributed by atoms with Crippen molar-refractivity contribution in [2.75, 3.05) is 26.6 Å². The summed E-state index contributed by atoms with van der Waals surface area (Å²) in [5.41, 5.74) is 3.71. The lowest BCUT2D eigenvalue weighted by Crippen LogP contribution is -2.09. The van der Waals surface area contributed by atoms with Crippen molar-refractivity contribution in [3.63, 3.8) is 0 Å². The highest BCUT2D eigenvalue weighted by atomic mass is 16.6. The molecule has 0 unspecified atom stereocenters. The molecule has 0 saturated heterocycles. The van der Waals surface area contributed by atoms with Gasteiger partial charge in [-0.1, -0.05) is 30.3 Å². The normalized spacial score (nSPS) is 10.8. The van der Waals surface area contributed by atoms with E-state index in [1.807, 2.05) is 48.5 Å². The molecule has 0 aliphatic heterocycles. The Labute approximate surface area is 214 Å². The van der Waals surface area contributed by atoms with Crippen LogP contribution in [0.2, 0.25) is 0 Å². The number of aromatic nitrogens is 1. The van der Waals surface area contributed by atoms with E-state index in [1.165, 1.54) is 27.2 Å². The minimum atomic E-state index is -0.505. The number of benzene rings is 3. The summed E-state index contributed by atoms with van der Waals surface area (Å²) in [6.45, 7) is 1.29. The van der Waals surface area contributed by atoms with E-state index in [9.17, 15) is 9.59 Å². The number of ether oxygens (including phenoxy) is 4. The molecule has 0 atom stereocenters. The number of fused-ring (bicyclic) bond motifs is 1. The maximum atomic E-state index is 13.0. The van der Waals surface area contributed by atoms with Gasteiger partial charge in [0.25, 0.3) is 0 Å². The number of esters is 1. The van der Waals surface area contributed by atoms with Crippen LogP contribution in [0.1, 0.15) is 12.5 Å². The molecule has 0 bridgehead atoms. The van der Waals surface area contributed by atoms with Crippen LogP contribution in [0.5, 0.6) is 23.0 Å². The number of carbonyl (C=O) groups excluding carboxylic acids is 2. The summed E-state index contributed by atoms with van der Waals surface area (Å²) in [5.74, 6) is 0.597. The smallest absolute Gasteiger partial charge is 0.308 e. The van der Waals surface area contributed by atoms with Crippen LogP contribution in [0, 0.1) is 0 Å². The first-order chi connectivity index (χ1) is 17.9. The van der Waals surface area contributed by atoms with Gasteiger partial charge in [0, 0.05) is 23.9 Å². The molecule has 0 radical (unpaired) electrons. The summed E-state index contributed by atoms with van der Waals surface area (Å²) in [4.78, 5) is 28.9. The van der Waals surface area contributed by atoms with E-state index in [0.717, 1.165) is 22.0 Å². The zero-order valence-electron chi connectivity index (χ0n) is 20.9. The predicted octanol–water partition coefficient (Wildman–Crippen LogP) is 5.50. The largest absolute Gasteiger partial charge is 0.497 e. The second-order valence-corrected chi connectivity index (χ2v) is 7.97. The van der Waals surface area contributed by atoms with E-state index in [2.05, 4.69) is 10.3 Å². The Balaban J connectivity index is 1.68. The van der Waals surface area contributed by atoms with Crippen molar-refractivity contribution < 1.29 is 28.5 Å². The number of nitrogens with zero attached hydrogens (tertiary/aromatic N) is 1. The van der Waals surface area contributed by atoms with Crippen molar-refractivity contribution in [2.45, 2.75) is 6.92 Å². The number of anilines is 1. The number of amides is 1. The molecule has 0 aliphatic rings. The first-order valence-corrected chi connectivity index (χ1v) is 11.4. The number of hydrogen-bond acceptors (Lipinski definition) is 7. The Morgan fingerprint density at radius 1 is 0.892 bits per heavy atom. The van der Waals surface area contributed by atoms with Gasteiger partial charge in [0.2, 0.25) is 11.7 Å². The molecule has 8 nitrogen and oxygen atoms in total. The standard InChI is InChI=1S/C29H26N2O6/c1-18(32)37-29-25(35-3)14-19(15-26(29)36-4)10-13-27(33)31-24-17-30-23-12-11-21(34-2)16-22(23)28(24)20-8-6-5-7-9-20/h5-17H,1-4H3,(H,31,33)/b13-10+. The van der Waals surface area contributed by atoms with Gasteiger partial charge < -0.3 is 24.3 Å². The monoisotopic (exact) mass is 498 g/mol. The Morgan fingerprint density at radius 3 is 2.22 bits per heavy atom. The molecule has 37 heavy (non-hydrogen) atoms.